The van der Waals surface area contributed by atoms with Crippen LogP contribution in [0.4, 0.5) is 9.18 Å². The highest BCUT2D eigenvalue weighted by Crippen LogP contribution is 2.21. The van der Waals surface area contributed by atoms with Crippen molar-refractivity contribution in [2.75, 3.05) is 6.61 Å². The molecule has 3 nitrogen and oxygen atoms in total. The Morgan fingerprint density at radius 3 is 2.86 bits per heavy atom. The van der Waals surface area contributed by atoms with E-state index >= 15 is 0 Å². The zero-order valence-corrected chi connectivity index (χ0v) is 8.18. The summed E-state index contributed by atoms with van der Waals surface area (Å²) >= 11 is 5.50. The molecule has 0 saturated carbocycles. The van der Waals surface area contributed by atoms with Crippen molar-refractivity contribution >= 4 is 17.8 Å². The summed E-state index contributed by atoms with van der Waals surface area (Å²) < 4.78 is 22.0. The molecule has 0 aliphatic rings. The molecule has 0 aliphatic carbocycles. The molecule has 0 atom stereocenters. The van der Waals surface area contributed by atoms with Crippen LogP contribution in [0.2, 0.25) is 5.02 Å². The van der Waals surface area contributed by atoms with Crippen LogP contribution >= 0.6 is 11.6 Å². The first-order chi connectivity index (χ1) is 6.63. The van der Waals surface area contributed by atoms with Crippen LogP contribution in [0, 0.1) is 5.82 Å². The van der Waals surface area contributed by atoms with Crippen LogP contribution in [0.1, 0.15) is 6.92 Å². The first kappa shape index (κ1) is 10.8. The van der Waals surface area contributed by atoms with Gasteiger partial charge in [0.1, 0.15) is 0 Å². The van der Waals surface area contributed by atoms with Crippen LogP contribution in [-0.2, 0) is 4.74 Å². The maximum atomic E-state index is 13.0. The second-order valence-corrected chi connectivity index (χ2v) is 2.80. The molecule has 0 unspecified atom stereocenters. The Balaban J connectivity index is 2.72. The van der Waals surface area contributed by atoms with Crippen LogP contribution in [-0.4, -0.2) is 12.8 Å². The molecule has 0 spiro atoms. The standard InChI is InChI=1S/C9H8ClFO3/c1-2-13-9(12)14-8-4-3-6(10)5-7(8)11/h3-5H,2H2,1H3. The van der Waals surface area contributed by atoms with E-state index in [4.69, 9.17) is 11.6 Å². The van der Waals surface area contributed by atoms with Gasteiger partial charge in [0.05, 0.1) is 6.61 Å². The molecule has 0 amide bonds. The molecule has 0 heterocycles. The summed E-state index contributed by atoms with van der Waals surface area (Å²) in [4.78, 5) is 10.8. The van der Waals surface area contributed by atoms with E-state index in [9.17, 15) is 9.18 Å². The number of ether oxygens (including phenoxy) is 2. The average Bonchev–Trinajstić information content (AvgIpc) is 2.10. The topological polar surface area (TPSA) is 35.5 Å². The smallest absolute Gasteiger partial charge is 0.434 e. The molecule has 0 aliphatic heterocycles. The van der Waals surface area contributed by atoms with E-state index in [1.165, 1.54) is 12.1 Å². The van der Waals surface area contributed by atoms with Crippen molar-refractivity contribution in [1.29, 1.82) is 0 Å². The normalized spacial score (nSPS) is 9.64. The number of carbonyl (C=O) groups excluding carboxylic acids is 1. The fourth-order valence-corrected chi connectivity index (χ4v) is 0.954. The Kier molecular flexibility index (Phi) is 3.71. The summed E-state index contributed by atoms with van der Waals surface area (Å²) in [6, 6.07) is 3.73. The molecule has 76 valence electrons. The van der Waals surface area contributed by atoms with E-state index in [0.717, 1.165) is 6.07 Å². The second-order valence-electron chi connectivity index (χ2n) is 2.36. The molecule has 0 aromatic heterocycles. The molecule has 14 heavy (non-hydrogen) atoms. The Bertz CT molecular complexity index is 341. The fraction of sp³-hybridized carbons (Fsp3) is 0.222. The van der Waals surface area contributed by atoms with Crippen LogP contribution in [0.3, 0.4) is 0 Å². The lowest BCUT2D eigenvalue weighted by Gasteiger charge is -2.04. The van der Waals surface area contributed by atoms with Gasteiger partial charge in [-0.2, -0.15) is 0 Å². The van der Waals surface area contributed by atoms with E-state index in [1.54, 1.807) is 6.92 Å². The predicted molar refractivity (Wildman–Crippen MR) is 49.1 cm³/mol. The minimum absolute atomic E-state index is 0.175. The van der Waals surface area contributed by atoms with E-state index in [-0.39, 0.29) is 17.4 Å². The number of benzene rings is 1. The zero-order valence-electron chi connectivity index (χ0n) is 7.42. The molecule has 1 aromatic carbocycles. The molecular formula is C9H8ClFO3. The minimum Gasteiger partial charge on any atom is -0.434 e. The van der Waals surface area contributed by atoms with Gasteiger partial charge in [0.15, 0.2) is 11.6 Å². The zero-order chi connectivity index (χ0) is 10.6. The predicted octanol–water partition coefficient (Wildman–Crippen LogP) is 3.01. The fourth-order valence-electron chi connectivity index (χ4n) is 0.795. The van der Waals surface area contributed by atoms with Crippen molar-refractivity contribution in [2.45, 2.75) is 6.92 Å². The van der Waals surface area contributed by atoms with Crippen molar-refractivity contribution in [1.82, 2.24) is 0 Å². The Labute approximate surface area is 85.4 Å². The highest BCUT2D eigenvalue weighted by Gasteiger charge is 2.09. The molecule has 0 saturated heterocycles. The van der Waals surface area contributed by atoms with Crippen LogP contribution < -0.4 is 4.74 Å². The van der Waals surface area contributed by atoms with E-state index < -0.39 is 12.0 Å². The van der Waals surface area contributed by atoms with Gasteiger partial charge in [-0.15, -0.1) is 0 Å². The number of hydrogen-bond acceptors (Lipinski definition) is 3. The summed E-state index contributed by atoms with van der Waals surface area (Å²) in [5.74, 6) is -0.904. The summed E-state index contributed by atoms with van der Waals surface area (Å²) in [6.07, 6.45) is -0.936. The van der Waals surface area contributed by atoms with E-state index in [2.05, 4.69) is 9.47 Å². The average molecular weight is 219 g/mol. The Hall–Kier alpha value is -1.29. The highest BCUT2D eigenvalue weighted by atomic mass is 35.5. The maximum absolute atomic E-state index is 13.0. The van der Waals surface area contributed by atoms with Gasteiger partial charge in [0.25, 0.3) is 0 Å². The van der Waals surface area contributed by atoms with Gasteiger partial charge < -0.3 is 9.47 Å². The molecule has 1 aromatic rings. The van der Waals surface area contributed by atoms with Crippen LogP contribution in [0.15, 0.2) is 18.2 Å². The van der Waals surface area contributed by atoms with Gasteiger partial charge in [0, 0.05) is 5.02 Å². The highest BCUT2D eigenvalue weighted by molar-refractivity contribution is 6.30. The summed E-state index contributed by atoms with van der Waals surface area (Å²) in [6.45, 7) is 1.80. The first-order valence-electron chi connectivity index (χ1n) is 3.93. The third-order valence-electron chi connectivity index (χ3n) is 1.35. The SMILES string of the molecule is CCOC(=O)Oc1ccc(Cl)cc1F. The molecule has 1 rings (SSSR count). The molecule has 0 N–H and O–H groups in total. The molecule has 5 heteroatoms. The largest absolute Gasteiger partial charge is 0.513 e. The molecule has 0 fully saturated rings. The van der Waals surface area contributed by atoms with Crippen LogP contribution in [0.25, 0.3) is 0 Å². The van der Waals surface area contributed by atoms with Crippen molar-refractivity contribution < 1.29 is 18.7 Å². The Morgan fingerprint density at radius 1 is 1.57 bits per heavy atom. The Morgan fingerprint density at radius 2 is 2.29 bits per heavy atom. The molecule has 0 bridgehead atoms. The first-order valence-corrected chi connectivity index (χ1v) is 4.31. The van der Waals surface area contributed by atoms with Gasteiger partial charge in [-0.1, -0.05) is 11.6 Å². The van der Waals surface area contributed by atoms with E-state index in [0.29, 0.717) is 0 Å². The van der Waals surface area contributed by atoms with Crippen molar-refractivity contribution in [2.24, 2.45) is 0 Å². The van der Waals surface area contributed by atoms with Gasteiger partial charge in [-0.25, -0.2) is 9.18 Å². The molecule has 0 radical (unpaired) electrons. The van der Waals surface area contributed by atoms with Crippen molar-refractivity contribution in [3.05, 3.63) is 29.0 Å². The number of halogens is 2. The third-order valence-corrected chi connectivity index (χ3v) is 1.58. The van der Waals surface area contributed by atoms with Crippen molar-refractivity contribution in [3.63, 3.8) is 0 Å². The number of carbonyl (C=O) groups is 1. The van der Waals surface area contributed by atoms with E-state index in [1.807, 2.05) is 0 Å². The number of rotatable bonds is 2. The number of hydrogen-bond donors (Lipinski definition) is 0. The third kappa shape index (κ3) is 2.88. The van der Waals surface area contributed by atoms with Gasteiger partial charge in [-0.3, -0.25) is 0 Å². The monoisotopic (exact) mass is 218 g/mol. The summed E-state index contributed by atoms with van der Waals surface area (Å²) in [5, 5.41) is 0.235. The summed E-state index contributed by atoms with van der Waals surface area (Å²) in [5.41, 5.74) is 0. The lowest BCUT2D eigenvalue weighted by Crippen LogP contribution is -2.10. The van der Waals surface area contributed by atoms with Gasteiger partial charge in [-0.05, 0) is 25.1 Å². The lowest BCUT2D eigenvalue weighted by atomic mass is 10.3. The maximum Gasteiger partial charge on any atom is 0.513 e. The quantitative estimate of drug-likeness (QED) is 0.565. The van der Waals surface area contributed by atoms with Crippen molar-refractivity contribution in [3.8, 4) is 5.75 Å². The molecular weight excluding hydrogens is 211 g/mol. The minimum atomic E-state index is -0.936. The second kappa shape index (κ2) is 4.81. The summed E-state index contributed by atoms with van der Waals surface area (Å²) in [7, 11) is 0. The van der Waals surface area contributed by atoms with Gasteiger partial charge in [0.2, 0.25) is 0 Å². The van der Waals surface area contributed by atoms with Crippen LogP contribution in [0.5, 0.6) is 5.75 Å². The van der Waals surface area contributed by atoms with Gasteiger partial charge >= 0.3 is 6.16 Å². The lowest BCUT2D eigenvalue weighted by molar-refractivity contribution is 0.103.